The average molecular weight is 388 g/mol. The van der Waals surface area contributed by atoms with Crippen LogP contribution in [0.2, 0.25) is 16.6 Å². The fraction of sp³-hybridized carbons (Fsp3) is 0.950. The van der Waals surface area contributed by atoms with Crippen molar-refractivity contribution in [2.75, 3.05) is 6.61 Å². The number of carbonyl (C=O) groups is 1. The van der Waals surface area contributed by atoms with Gasteiger partial charge in [0, 0.05) is 0 Å². The highest BCUT2D eigenvalue weighted by Gasteiger charge is 2.49. The Balaban J connectivity index is 3.01. The Morgan fingerprint density at radius 2 is 1.62 bits per heavy atom. The standard InChI is InChI=1S/C20H41NO4Si/c1-14(2)26(15(3)4,16(5)6)24-13-17-11-12-20(10,23)21(17)18(22)25-19(7,8)9/h14-17,23H,11-13H2,1-10H3/t17-,20?/m1/s1. The highest BCUT2D eigenvalue weighted by Crippen LogP contribution is 2.43. The van der Waals surface area contributed by atoms with E-state index in [1.165, 1.54) is 4.90 Å². The van der Waals surface area contributed by atoms with Crippen molar-refractivity contribution >= 4 is 14.4 Å². The lowest BCUT2D eigenvalue weighted by atomic mass is 10.2. The molecule has 26 heavy (non-hydrogen) atoms. The zero-order valence-corrected chi connectivity index (χ0v) is 19.5. The van der Waals surface area contributed by atoms with Gasteiger partial charge in [-0.15, -0.1) is 0 Å². The van der Waals surface area contributed by atoms with Crippen molar-refractivity contribution in [2.24, 2.45) is 0 Å². The molecule has 1 amide bonds. The molecule has 0 aromatic heterocycles. The highest BCUT2D eigenvalue weighted by atomic mass is 28.4. The SMILES string of the molecule is CC(C)[Si](OC[C@H]1CCC(C)(O)N1C(=O)OC(C)(C)C)(C(C)C)C(C)C. The summed E-state index contributed by atoms with van der Waals surface area (Å²) in [5, 5.41) is 10.7. The van der Waals surface area contributed by atoms with Crippen molar-refractivity contribution in [2.45, 2.75) is 116 Å². The van der Waals surface area contributed by atoms with Crippen LogP contribution in [0.4, 0.5) is 4.79 Å². The molecule has 0 radical (unpaired) electrons. The van der Waals surface area contributed by atoms with Crippen molar-refractivity contribution in [3.63, 3.8) is 0 Å². The third-order valence-electron chi connectivity index (χ3n) is 5.66. The van der Waals surface area contributed by atoms with E-state index in [0.29, 0.717) is 29.7 Å². The van der Waals surface area contributed by atoms with E-state index in [0.717, 1.165) is 6.42 Å². The second-order valence-electron chi connectivity index (χ2n) is 9.89. The normalized spacial score (nSPS) is 24.8. The molecule has 0 bridgehead atoms. The Bertz CT molecular complexity index is 461. The molecular weight excluding hydrogens is 346 g/mol. The Kier molecular flexibility index (Phi) is 7.39. The molecule has 5 nitrogen and oxygen atoms in total. The minimum atomic E-state index is -2.01. The third-order valence-corrected chi connectivity index (χ3v) is 11.7. The van der Waals surface area contributed by atoms with Gasteiger partial charge >= 0.3 is 6.09 Å². The number of hydrogen-bond acceptors (Lipinski definition) is 4. The largest absolute Gasteiger partial charge is 0.444 e. The molecular formula is C20H41NO4Si. The van der Waals surface area contributed by atoms with Gasteiger partial charge in [-0.1, -0.05) is 41.5 Å². The van der Waals surface area contributed by atoms with E-state index in [-0.39, 0.29) is 6.04 Å². The van der Waals surface area contributed by atoms with Crippen LogP contribution in [0.1, 0.15) is 82.1 Å². The Hall–Kier alpha value is -0.593. The van der Waals surface area contributed by atoms with Crippen LogP contribution in [0.25, 0.3) is 0 Å². The van der Waals surface area contributed by atoms with Gasteiger partial charge in [-0.3, -0.25) is 4.90 Å². The monoisotopic (exact) mass is 387 g/mol. The lowest BCUT2D eigenvalue weighted by Gasteiger charge is -2.44. The molecule has 0 aromatic rings. The molecule has 1 rings (SSSR count). The predicted octanol–water partition coefficient (Wildman–Crippen LogP) is 5.29. The summed E-state index contributed by atoms with van der Waals surface area (Å²) < 4.78 is 12.2. The molecule has 154 valence electrons. The van der Waals surface area contributed by atoms with Crippen LogP contribution in [0.5, 0.6) is 0 Å². The van der Waals surface area contributed by atoms with Gasteiger partial charge < -0.3 is 14.3 Å². The first-order valence-corrected chi connectivity index (χ1v) is 12.2. The first-order chi connectivity index (χ1) is 11.6. The number of amides is 1. The molecule has 1 heterocycles. The number of carbonyl (C=O) groups excluding carboxylic acids is 1. The number of rotatable bonds is 6. The van der Waals surface area contributed by atoms with Crippen LogP contribution in [-0.2, 0) is 9.16 Å². The maximum Gasteiger partial charge on any atom is 0.412 e. The Morgan fingerprint density at radius 3 is 2.00 bits per heavy atom. The second-order valence-corrected chi connectivity index (χ2v) is 15.3. The molecule has 1 N–H and O–H groups in total. The zero-order chi connectivity index (χ0) is 20.5. The number of likely N-dealkylation sites (tertiary alicyclic amines) is 1. The molecule has 0 spiro atoms. The summed E-state index contributed by atoms with van der Waals surface area (Å²) in [5.74, 6) is 0. The Labute approximate surface area is 161 Å². The third kappa shape index (κ3) is 5.02. The molecule has 1 saturated heterocycles. The van der Waals surface area contributed by atoms with E-state index in [1.807, 2.05) is 20.8 Å². The molecule has 6 heteroatoms. The molecule has 0 aromatic carbocycles. The van der Waals surface area contributed by atoms with Crippen molar-refractivity contribution < 1.29 is 19.1 Å². The van der Waals surface area contributed by atoms with E-state index < -0.39 is 25.7 Å². The van der Waals surface area contributed by atoms with Crippen LogP contribution in [0.15, 0.2) is 0 Å². The first kappa shape index (κ1) is 23.4. The van der Waals surface area contributed by atoms with Crippen LogP contribution in [0.3, 0.4) is 0 Å². The van der Waals surface area contributed by atoms with Gasteiger partial charge in [0.05, 0.1) is 12.6 Å². The van der Waals surface area contributed by atoms with E-state index in [9.17, 15) is 9.90 Å². The minimum absolute atomic E-state index is 0.150. The molecule has 1 aliphatic heterocycles. The summed E-state index contributed by atoms with van der Waals surface area (Å²) in [5.41, 5.74) is -0.320. The van der Waals surface area contributed by atoms with E-state index in [2.05, 4.69) is 41.5 Å². The van der Waals surface area contributed by atoms with Crippen LogP contribution in [-0.4, -0.2) is 48.4 Å². The summed E-state index contributed by atoms with van der Waals surface area (Å²) in [6, 6.07) is -0.150. The number of ether oxygens (including phenoxy) is 1. The molecule has 1 unspecified atom stereocenters. The molecule has 0 saturated carbocycles. The molecule has 0 aliphatic carbocycles. The topological polar surface area (TPSA) is 59.0 Å². The summed E-state index contributed by atoms with van der Waals surface area (Å²) in [6.07, 6.45) is 0.810. The van der Waals surface area contributed by atoms with Crippen molar-refractivity contribution in [1.29, 1.82) is 0 Å². The summed E-state index contributed by atoms with van der Waals surface area (Å²) >= 11 is 0. The molecule has 2 atom stereocenters. The fourth-order valence-corrected chi connectivity index (χ4v) is 10.1. The van der Waals surface area contributed by atoms with E-state index in [4.69, 9.17) is 9.16 Å². The maximum absolute atomic E-state index is 12.7. The lowest BCUT2D eigenvalue weighted by molar-refractivity contribution is -0.0868. The van der Waals surface area contributed by atoms with E-state index >= 15 is 0 Å². The average Bonchev–Trinajstić information content (AvgIpc) is 2.71. The first-order valence-electron chi connectivity index (χ1n) is 10.0. The van der Waals surface area contributed by atoms with E-state index in [1.54, 1.807) is 6.92 Å². The van der Waals surface area contributed by atoms with Gasteiger partial charge in [-0.05, 0) is 57.2 Å². The Morgan fingerprint density at radius 1 is 1.15 bits per heavy atom. The van der Waals surface area contributed by atoms with Gasteiger partial charge in [0.1, 0.15) is 11.3 Å². The van der Waals surface area contributed by atoms with Crippen LogP contribution in [0, 0.1) is 0 Å². The molecule has 1 aliphatic rings. The number of nitrogens with zero attached hydrogens (tertiary/aromatic N) is 1. The smallest absolute Gasteiger partial charge is 0.412 e. The summed E-state index contributed by atoms with van der Waals surface area (Å²) in [4.78, 5) is 14.2. The van der Waals surface area contributed by atoms with Gasteiger partial charge in [0.2, 0.25) is 0 Å². The quantitative estimate of drug-likeness (QED) is 0.629. The van der Waals surface area contributed by atoms with Gasteiger partial charge in [-0.25, -0.2) is 4.79 Å². The van der Waals surface area contributed by atoms with Crippen LogP contribution < -0.4 is 0 Å². The highest BCUT2D eigenvalue weighted by molar-refractivity contribution is 6.77. The molecule has 1 fully saturated rings. The number of aliphatic hydroxyl groups is 1. The van der Waals surface area contributed by atoms with Gasteiger partial charge in [-0.2, -0.15) is 0 Å². The predicted molar refractivity (Wildman–Crippen MR) is 109 cm³/mol. The zero-order valence-electron chi connectivity index (χ0n) is 18.5. The summed E-state index contributed by atoms with van der Waals surface area (Å²) in [7, 11) is -2.01. The second kappa shape index (κ2) is 8.19. The minimum Gasteiger partial charge on any atom is -0.444 e. The number of hydrogen-bond donors (Lipinski definition) is 1. The lowest BCUT2D eigenvalue weighted by Crippen LogP contribution is -2.54. The summed E-state index contributed by atoms with van der Waals surface area (Å²) in [6.45, 7) is 21.2. The van der Waals surface area contributed by atoms with Crippen LogP contribution >= 0.6 is 0 Å². The van der Waals surface area contributed by atoms with Crippen molar-refractivity contribution in [1.82, 2.24) is 4.90 Å². The maximum atomic E-state index is 12.7. The van der Waals surface area contributed by atoms with Gasteiger partial charge in [0.15, 0.2) is 8.32 Å². The van der Waals surface area contributed by atoms with Crippen molar-refractivity contribution in [3.05, 3.63) is 0 Å². The van der Waals surface area contributed by atoms with Gasteiger partial charge in [0.25, 0.3) is 0 Å². The van der Waals surface area contributed by atoms with Crippen molar-refractivity contribution in [3.8, 4) is 0 Å². The fourth-order valence-electron chi connectivity index (χ4n) is 4.64.